The molecule has 0 aromatic heterocycles. The zero-order chi connectivity index (χ0) is 21.0. The highest BCUT2D eigenvalue weighted by Crippen LogP contribution is 2.25. The van der Waals surface area contributed by atoms with Gasteiger partial charge in [0.05, 0.1) is 17.7 Å². The number of carbonyl (C=O) groups excluding carboxylic acids is 3. The summed E-state index contributed by atoms with van der Waals surface area (Å²) in [6, 6.07) is 14.6. The fourth-order valence-corrected chi connectivity index (χ4v) is 3.78. The van der Waals surface area contributed by atoms with Crippen LogP contribution in [0.3, 0.4) is 0 Å². The molecule has 0 fully saturated rings. The van der Waals surface area contributed by atoms with E-state index >= 15 is 0 Å². The molecule has 5 heteroatoms. The Balaban J connectivity index is 1.47. The van der Waals surface area contributed by atoms with Crippen LogP contribution in [0.5, 0.6) is 5.75 Å². The first kappa shape index (κ1) is 20.8. The lowest BCUT2D eigenvalue weighted by Gasteiger charge is -2.22. The summed E-state index contributed by atoms with van der Waals surface area (Å²) in [6.07, 6.45) is 1.28. The lowest BCUT2D eigenvalue weighted by molar-refractivity contribution is -0.116. The molecule has 5 nitrogen and oxygen atoms in total. The first-order chi connectivity index (χ1) is 13.8. The average molecular weight is 393 g/mol. The molecule has 2 atom stereocenters. The van der Waals surface area contributed by atoms with E-state index in [0.717, 1.165) is 17.7 Å². The SMILES string of the molecule is CC(=O)Cc1ccc(OCC(C)CC(C)CN2C(=O)c3ccccc3C2=O)cc1. The Kier molecular flexibility index (Phi) is 6.47. The van der Waals surface area contributed by atoms with Gasteiger partial charge in [0, 0.05) is 13.0 Å². The van der Waals surface area contributed by atoms with Crippen molar-refractivity contribution in [1.29, 1.82) is 0 Å². The highest BCUT2D eigenvalue weighted by molar-refractivity contribution is 6.21. The summed E-state index contributed by atoms with van der Waals surface area (Å²) >= 11 is 0. The van der Waals surface area contributed by atoms with Gasteiger partial charge in [-0.15, -0.1) is 0 Å². The van der Waals surface area contributed by atoms with E-state index in [1.165, 1.54) is 4.90 Å². The van der Waals surface area contributed by atoms with E-state index < -0.39 is 0 Å². The zero-order valence-corrected chi connectivity index (χ0v) is 17.2. The van der Waals surface area contributed by atoms with Crippen molar-refractivity contribution in [1.82, 2.24) is 4.90 Å². The van der Waals surface area contributed by atoms with Gasteiger partial charge in [-0.1, -0.05) is 38.1 Å². The van der Waals surface area contributed by atoms with Crippen molar-refractivity contribution in [2.45, 2.75) is 33.6 Å². The molecule has 0 aliphatic carbocycles. The second kappa shape index (κ2) is 9.03. The minimum atomic E-state index is -0.202. The highest BCUT2D eigenvalue weighted by Gasteiger charge is 2.35. The van der Waals surface area contributed by atoms with Crippen molar-refractivity contribution >= 4 is 17.6 Å². The lowest BCUT2D eigenvalue weighted by Crippen LogP contribution is -2.34. The van der Waals surface area contributed by atoms with E-state index in [4.69, 9.17) is 4.74 Å². The van der Waals surface area contributed by atoms with Crippen LogP contribution < -0.4 is 4.74 Å². The highest BCUT2D eigenvalue weighted by atomic mass is 16.5. The van der Waals surface area contributed by atoms with E-state index in [1.807, 2.05) is 24.3 Å². The second-order valence-electron chi connectivity index (χ2n) is 8.05. The van der Waals surface area contributed by atoms with E-state index in [-0.39, 0.29) is 29.4 Å². The number of rotatable bonds is 9. The Morgan fingerprint density at radius 1 is 0.931 bits per heavy atom. The molecular formula is C24H27NO4. The van der Waals surface area contributed by atoms with Gasteiger partial charge in [-0.05, 0) is 55.0 Å². The molecule has 1 aliphatic rings. The van der Waals surface area contributed by atoms with Crippen LogP contribution in [0.25, 0.3) is 0 Å². The summed E-state index contributed by atoms with van der Waals surface area (Å²) in [5.74, 6) is 0.960. The number of hydrogen-bond donors (Lipinski definition) is 0. The van der Waals surface area contributed by atoms with Crippen molar-refractivity contribution < 1.29 is 19.1 Å². The number of carbonyl (C=O) groups is 3. The van der Waals surface area contributed by atoms with Crippen LogP contribution in [-0.2, 0) is 11.2 Å². The Labute approximate surface area is 171 Å². The third-order valence-electron chi connectivity index (χ3n) is 5.09. The third kappa shape index (κ3) is 5.11. The molecule has 2 aromatic carbocycles. The lowest BCUT2D eigenvalue weighted by atomic mass is 9.97. The molecule has 3 rings (SSSR count). The first-order valence-electron chi connectivity index (χ1n) is 10.0. The van der Waals surface area contributed by atoms with E-state index in [9.17, 15) is 14.4 Å². The maximum absolute atomic E-state index is 12.5. The van der Waals surface area contributed by atoms with Gasteiger partial charge in [0.25, 0.3) is 11.8 Å². The first-order valence-corrected chi connectivity index (χ1v) is 10.0. The van der Waals surface area contributed by atoms with Crippen molar-refractivity contribution in [2.24, 2.45) is 11.8 Å². The van der Waals surface area contributed by atoms with Crippen LogP contribution >= 0.6 is 0 Å². The Hall–Kier alpha value is -2.95. The van der Waals surface area contributed by atoms with E-state index in [0.29, 0.717) is 30.7 Å². The second-order valence-corrected chi connectivity index (χ2v) is 8.05. The molecule has 0 N–H and O–H groups in total. The van der Waals surface area contributed by atoms with Gasteiger partial charge in [0.2, 0.25) is 0 Å². The molecule has 1 heterocycles. The standard InChI is InChI=1S/C24H27NO4/c1-16(14-25-23(27)21-6-4-5-7-22(21)24(25)28)12-17(2)15-29-20-10-8-19(9-11-20)13-18(3)26/h4-11,16-17H,12-15H2,1-3H3. The Bertz CT molecular complexity index is 868. The van der Waals surface area contributed by atoms with Crippen molar-refractivity contribution in [3.05, 3.63) is 65.2 Å². The molecule has 0 spiro atoms. The monoisotopic (exact) mass is 393 g/mol. The van der Waals surface area contributed by atoms with Crippen LogP contribution in [0.4, 0.5) is 0 Å². The number of ether oxygens (including phenoxy) is 1. The van der Waals surface area contributed by atoms with Crippen molar-refractivity contribution in [3.63, 3.8) is 0 Å². The van der Waals surface area contributed by atoms with Gasteiger partial charge in [-0.25, -0.2) is 0 Å². The van der Waals surface area contributed by atoms with Gasteiger partial charge in [-0.3, -0.25) is 19.3 Å². The van der Waals surface area contributed by atoms with Gasteiger partial charge >= 0.3 is 0 Å². The average Bonchev–Trinajstić information content (AvgIpc) is 2.92. The normalized spacial score (nSPS) is 15.2. The van der Waals surface area contributed by atoms with E-state index in [1.54, 1.807) is 31.2 Å². The molecule has 0 radical (unpaired) electrons. The summed E-state index contributed by atoms with van der Waals surface area (Å²) in [7, 11) is 0. The Morgan fingerprint density at radius 3 is 2.07 bits per heavy atom. The fourth-order valence-electron chi connectivity index (χ4n) is 3.78. The number of benzene rings is 2. The van der Waals surface area contributed by atoms with Gasteiger partial charge in [-0.2, -0.15) is 0 Å². The molecule has 2 aromatic rings. The number of fused-ring (bicyclic) bond motifs is 1. The predicted octanol–water partition coefficient (Wildman–Crippen LogP) is 4.16. The summed E-state index contributed by atoms with van der Waals surface area (Å²) < 4.78 is 5.86. The molecule has 0 saturated carbocycles. The summed E-state index contributed by atoms with van der Waals surface area (Å²) in [5, 5.41) is 0. The zero-order valence-electron chi connectivity index (χ0n) is 17.2. The third-order valence-corrected chi connectivity index (χ3v) is 5.09. The minimum Gasteiger partial charge on any atom is -0.493 e. The molecule has 2 amide bonds. The van der Waals surface area contributed by atoms with Crippen molar-refractivity contribution in [2.75, 3.05) is 13.2 Å². The van der Waals surface area contributed by atoms with Gasteiger partial charge < -0.3 is 4.74 Å². The smallest absolute Gasteiger partial charge is 0.261 e. The van der Waals surface area contributed by atoms with Gasteiger partial charge in [0.15, 0.2) is 0 Å². The molecule has 0 bridgehead atoms. The number of hydrogen-bond acceptors (Lipinski definition) is 4. The Morgan fingerprint density at radius 2 is 1.52 bits per heavy atom. The predicted molar refractivity (Wildman–Crippen MR) is 111 cm³/mol. The van der Waals surface area contributed by atoms with E-state index in [2.05, 4.69) is 13.8 Å². The molecule has 29 heavy (non-hydrogen) atoms. The largest absolute Gasteiger partial charge is 0.493 e. The quantitative estimate of drug-likeness (QED) is 0.600. The molecule has 1 aliphatic heterocycles. The molecule has 152 valence electrons. The summed E-state index contributed by atoms with van der Waals surface area (Å²) in [4.78, 5) is 37.5. The maximum Gasteiger partial charge on any atom is 0.261 e. The number of Topliss-reactive ketones (excluding diaryl/α,β-unsaturated/α-hetero) is 1. The number of imide groups is 1. The van der Waals surface area contributed by atoms with Crippen LogP contribution in [0.1, 0.15) is 53.5 Å². The topological polar surface area (TPSA) is 63.7 Å². The summed E-state index contributed by atoms with van der Waals surface area (Å²) in [5.41, 5.74) is 1.97. The molecule has 2 unspecified atom stereocenters. The number of amides is 2. The van der Waals surface area contributed by atoms with Gasteiger partial charge in [0.1, 0.15) is 11.5 Å². The van der Waals surface area contributed by atoms with Crippen molar-refractivity contribution in [3.8, 4) is 5.75 Å². The maximum atomic E-state index is 12.5. The minimum absolute atomic E-state index is 0.138. The summed E-state index contributed by atoms with van der Waals surface area (Å²) in [6.45, 7) is 6.70. The van der Waals surface area contributed by atoms with Crippen LogP contribution in [-0.4, -0.2) is 35.6 Å². The molecular weight excluding hydrogens is 366 g/mol. The van der Waals surface area contributed by atoms with Crippen LogP contribution in [0, 0.1) is 11.8 Å². The molecule has 0 saturated heterocycles. The fraction of sp³-hybridized carbons (Fsp3) is 0.375. The number of nitrogens with zero attached hydrogens (tertiary/aromatic N) is 1. The van der Waals surface area contributed by atoms with Crippen LogP contribution in [0.2, 0.25) is 0 Å². The van der Waals surface area contributed by atoms with Crippen LogP contribution in [0.15, 0.2) is 48.5 Å². The number of ketones is 1.